The Morgan fingerprint density at radius 3 is 1.86 bits per heavy atom. The fourth-order valence-corrected chi connectivity index (χ4v) is 1.38. The lowest BCUT2D eigenvalue weighted by atomic mass is 10.2. The highest BCUT2D eigenvalue weighted by molar-refractivity contribution is 5.68. The molecule has 0 bridgehead atoms. The van der Waals surface area contributed by atoms with Gasteiger partial charge in [-0.05, 0) is 54.4 Å². The van der Waals surface area contributed by atoms with Crippen LogP contribution in [0.3, 0.4) is 0 Å². The highest BCUT2D eigenvalue weighted by Crippen LogP contribution is 2.07. The number of carbonyl (C=O) groups is 2. The summed E-state index contributed by atoms with van der Waals surface area (Å²) in [6, 6.07) is 0. The van der Waals surface area contributed by atoms with Crippen LogP contribution in [0.25, 0.3) is 0 Å². The fraction of sp³-hybridized carbons (Fsp3) is 0.750. The van der Waals surface area contributed by atoms with Gasteiger partial charge in [-0.15, -0.1) is 0 Å². The van der Waals surface area contributed by atoms with Crippen LogP contribution in [0.5, 0.6) is 0 Å². The Hall–Kier alpha value is -1.72. The summed E-state index contributed by atoms with van der Waals surface area (Å²) in [6.07, 6.45) is 4.60. The molecule has 0 aliphatic carbocycles. The van der Waals surface area contributed by atoms with E-state index in [1.165, 1.54) is 0 Å². The molecule has 22 heavy (non-hydrogen) atoms. The van der Waals surface area contributed by atoms with Crippen molar-refractivity contribution in [1.29, 1.82) is 0 Å². The summed E-state index contributed by atoms with van der Waals surface area (Å²) in [4.78, 5) is 22.7. The maximum atomic E-state index is 11.4. The molecule has 0 saturated heterocycles. The molecule has 0 aromatic rings. The van der Waals surface area contributed by atoms with Crippen LogP contribution in [0.15, 0.2) is 12.2 Å². The maximum Gasteiger partial charge on any atom is 0.407 e. The van der Waals surface area contributed by atoms with Gasteiger partial charge in [-0.2, -0.15) is 0 Å². The highest BCUT2D eigenvalue weighted by Gasteiger charge is 2.15. The molecule has 0 rings (SSSR count). The molecule has 0 spiro atoms. The van der Waals surface area contributed by atoms with E-state index in [4.69, 9.17) is 9.47 Å². The summed E-state index contributed by atoms with van der Waals surface area (Å²) in [5, 5.41) is 5.33. The van der Waals surface area contributed by atoms with Crippen molar-refractivity contribution in [3.63, 3.8) is 0 Å². The molecule has 6 heteroatoms. The zero-order valence-electron chi connectivity index (χ0n) is 14.6. The summed E-state index contributed by atoms with van der Waals surface area (Å²) in [7, 11) is 0. The second-order valence-corrected chi connectivity index (χ2v) is 6.93. The molecule has 0 radical (unpaired) electrons. The van der Waals surface area contributed by atoms with Gasteiger partial charge in [0, 0.05) is 13.1 Å². The second-order valence-electron chi connectivity index (χ2n) is 6.93. The molecule has 0 unspecified atom stereocenters. The number of ether oxygens (including phenoxy) is 2. The number of hydrogen-bond donors (Lipinski definition) is 2. The van der Waals surface area contributed by atoms with Crippen LogP contribution >= 0.6 is 0 Å². The maximum absolute atomic E-state index is 11.4. The third-order valence-electron chi connectivity index (χ3n) is 2.15. The predicted octanol–water partition coefficient (Wildman–Crippen LogP) is 3.37. The van der Waals surface area contributed by atoms with E-state index in [1.807, 2.05) is 53.7 Å². The van der Waals surface area contributed by atoms with Crippen LogP contribution < -0.4 is 10.6 Å². The van der Waals surface area contributed by atoms with Gasteiger partial charge in [0.2, 0.25) is 0 Å². The number of allylic oxidation sites excluding steroid dienone is 1. The Balaban J connectivity index is 3.60. The predicted molar refractivity (Wildman–Crippen MR) is 86.8 cm³/mol. The second kappa shape index (κ2) is 9.33. The van der Waals surface area contributed by atoms with E-state index < -0.39 is 23.4 Å². The Bertz CT molecular complexity index is 379. The van der Waals surface area contributed by atoms with E-state index in [9.17, 15) is 9.59 Å². The molecule has 0 fully saturated rings. The SMILES string of the molecule is CC(C)(C)OC(=O)NC/C=C/CCCNC(=O)OC(C)(C)C. The number of unbranched alkanes of at least 4 members (excludes halogenated alkanes) is 1. The molecule has 0 aliphatic rings. The van der Waals surface area contributed by atoms with Crippen molar-refractivity contribution in [2.24, 2.45) is 0 Å². The van der Waals surface area contributed by atoms with Crippen LogP contribution in [0.4, 0.5) is 9.59 Å². The van der Waals surface area contributed by atoms with Crippen molar-refractivity contribution in [3.05, 3.63) is 12.2 Å². The summed E-state index contributed by atoms with van der Waals surface area (Å²) in [5.74, 6) is 0. The standard InChI is InChI=1S/C16H30N2O4/c1-15(2,3)21-13(19)17-11-9-7-8-10-12-18-14(20)22-16(4,5)6/h7,9H,8,10-12H2,1-6H3,(H,17,19)(H,18,20)/b9-7+. The van der Waals surface area contributed by atoms with Crippen molar-refractivity contribution in [3.8, 4) is 0 Å². The molecule has 0 aromatic carbocycles. The largest absolute Gasteiger partial charge is 0.444 e. The Kier molecular flexibility index (Phi) is 8.60. The van der Waals surface area contributed by atoms with Crippen molar-refractivity contribution < 1.29 is 19.1 Å². The Morgan fingerprint density at radius 2 is 1.36 bits per heavy atom. The first-order chi connectivity index (χ1) is 9.99. The van der Waals surface area contributed by atoms with Gasteiger partial charge in [-0.25, -0.2) is 9.59 Å². The van der Waals surface area contributed by atoms with Gasteiger partial charge in [0.05, 0.1) is 0 Å². The quantitative estimate of drug-likeness (QED) is 0.582. The number of carbonyl (C=O) groups excluding carboxylic acids is 2. The van der Waals surface area contributed by atoms with Gasteiger partial charge in [0.15, 0.2) is 0 Å². The average Bonchev–Trinajstić information content (AvgIpc) is 2.27. The summed E-state index contributed by atoms with van der Waals surface area (Å²) < 4.78 is 10.2. The number of nitrogens with one attached hydrogen (secondary N) is 2. The summed E-state index contributed by atoms with van der Waals surface area (Å²) in [5.41, 5.74) is -0.960. The van der Waals surface area contributed by atoms with Gasteiger partial charge in [-0.1, -0.05) is 12.2 Å². The molecular weight excluding hydrogens is 284 g/mol. The van der Waals surface area contributed by atoms with E-state index in [1.54, 1.807) is 0 Å². The van der Waals surface area contributed by atoms with E-state index >= 15 is 0 Å². The van der Waals surface area contributed by atoms with Crippen molar-refractivity contribution in [1.82, 2.24) is 10.6 Å². The monoisotopic (exact) mass is 314 g/mol. The average molecular weight is 314 g/mol. The molecule has 0 aliphatic heterocycles. The molecule has 6 nitrogen and oxygen atoms in total. The van der Waals surface area contributed by atoms with Crippen LogP contribution in [0.1, 0.15) is 54.4 Å². The number of hydrogen-bond acceptors (Lipinski definition) is 4. The molecule has 128 valence electrons. The molecule has 0 aromatic heterocycles. The highest BCUT2D eigenvalue weighted by atomic mass is 16.6. The Morgan fingerprint density at radius 1 is 0.864 bits per heavy atom. The van der Waals surface area contributed by atoms with Gasteiger partial charge in [-0.3, -0.25) is 0 Å². The van der Waals surface area contributed by atoms with Crippen LogP contribution in [-0.2, 0) is 9.47 Å². The van der Waals surface area contributed by atoms with Gasteiger partial charge in [0.1, 0.15) is 11.2 Å². The molecule has 0 atom stereocenters. The lowest BCUT2D eigenvalue weighted by molar-refractivity contribution is 0.0518. The summed E-state index contributed by atoms with van der Waals surface area (Å²) >= 11 is 0. The third kappa shape index (κ3) is 14.7. The Labute approximate surface area is 133 Å². The van der Waals surface area contributed by atoms with E-state index in [0.29, 0.717) is 13.1 Å². The first-order valence-corrected chi connectivity index (χ1v) is 7.58. The van der Waals surface area contributed by atoms with Gasteiger partial charge >= 0.3 is 12.2 Å². The summed E-state index contributed by atoms with van der Waals surface area (Å²) in [6.45, 7) is 11.9. The van der Waals surface area contributed by atoms with Crippen molar-refractivity contribution in [2.45, 2.75) is 65.6 Å². The lowest BCUT2D eigenvalue weighted by Gasteiger charge is -2.19. The van der Waals surface area contributed by atoms with Gasteiger partial charge in [0.25, 0.3) is 0 Å². The first kappa shape index (κ1) is 20.3. The van der Waals surface area contributed by atoms with Crippen LogP contribution in [-0.4, -0.2) is 36.5 Å². The van der Waals surface area contributed by atoms with E-state index in [0.717, 1.165) is 12.8 Å². The minimum atomic E-state index is -0.485. The molecular formula is C16H30N2O4. The zero-order chi connectivity index (χ0) is 17.2. The molecule has 0 saturated carbocycles. The molecule has 0 heterocycles. The number of amides is 2. The normalized spacial score (nSPS) is 12.1. The van der Waals surface area contributed by atoms with Gasteiger partial charge < -0.3 is 20.1 Å². The van der Waals surface area contributed by atoms with Crippen LogP contribution in [0, 0.1) is 0 Å². The molecule has 2 N–H and O–H groups in total. The zero-order valence-corrected chi connectivity index (χ0v) is 14.6. The van der Waals surface area contributed by atoms with Crippen molar-refractivity contribution in [2.75, 3.05) is 13.1 Å². The minimum Gasteiger partial charge on any atom is -0.444 e. The smallest absolute Gasteiger partial charge is 0.407 e. The third-order valence-corrected chi connectivity index (χ3v) is 2.15. The van der Waals surface area contributed by atoms with Crippen molar-refractivity contribution >= 4 is 12.2 Å². The van der Waals surface area contributed by atoms with E-state index in [2.05, 4.69) is 10.6 Å². The van der Waals surface area contributed by atoms with E-state index in [-0.39, 0.29) is 0 Å². The van der Waals surface area contributed by atoms with Crippen LogP contribution in [0.2, 0.25) is 0 Å². The lowest BCUT2D eigenvalue weighted by Crippen LogP contribution is -2.33. The fourth-order valence-electron chi connectivity index (χ4n) is 1.38. The number of rotatable bonds is 6. The first-order valence-electron chi connectivity index (χ1n) is 7.58. The number of alkyl carbamates (subject to hydrolysis) is 2. The topological polar surface area (TPSA) is 76.7 Å². The molecule has 2 amide bonds. The minimum absolute atomic E-state index is 0.400.